The molecule has 0 spiro atoms. The Morgan fingerprint density at radius 3 is 1.50 bits per heavy atom. The molecule has 0 amide bonds. The summed E-state index contributed by atoms with van der Waals surface area (Å²) in [5, 5.41) is 6.79. The van der Waals surface area contributed by atoms with E-state index < -0.39 is 0 Å². The van der Waals surface area contributed by atoms with Gasteiger partial charge in [-0.3, -0.25) is 0 Å². The van der Waals surface area contributed by atoms with E-state index in [-0.39, 0.29) is 7.43 Å². The van der Waals surface area contributed by atoms with Crippen LogP contribution < -0.4 is 0 Å². The molecule has 0 bridgehead atoms. The second-order valence-electron chi connectivity index (χ2n) is 3.19. The molecular weight excluding hydrogens is 236 g/mol. The molecule has 18 heavy (non-hydrogen) atoms. The Kier molecular flexibility index (Phi) is 18.8. The fraction of sp³-hybridized carbons (Fsp3) is 1.00. The second-order valence-corrected chi connectivity index (χ2v) is 3.19. The molecule has 0 aromatic carbocycles. The quantitative estimate of drug-likeness (QED) is 0.231. The van der Waals surface area contributed by atoms with Gasteiger partial charge in [0, 0.05) is 49.3 Å². The van der Waals surface area contributed by atoms with Crippen LogP contribution in [0.3, 0.4) is 0 Å². The molecular formula is C10H22N6O2. The van der Waals surface area contributed by atoms with Crippen molar-refractivity contribution in [2.75, 3.05) is 39.5 Å². The Hall–Kier alpha value is -1.46. The first kappa shape index (κ1) is 18.9. The van der Waals surface area contributed by atoms with Crippen LogP contribution in [-0.4, -0.2) is 39.5 Å². The normalized spacial score (nSPS) is 8.89. The van der Waals surface area contributed by atoms with E-state index in [1.165, 1.54) is 0 Å². The van der Waals surface area contributed by atoms with E-state index >= 15 is 0 Å². The minimum absolute atomic E-state index is 0. The lowest BCUT2D eigenvalue weighted by Crippen LogP contribution is -2.04. The van der Waals surface area contributed by atoms with E-state index in [1.54, 1.807) is 0 Å². The SMILES string of the molecule is C.[N-]=[N+]=NCCCOCCCOCCCN=[N+]=[N-]. The van der Waals surface area contributed by atoms with Crippen LogP contribution in [0.5, 0.6) is 0 Å². The van der Waals surface area contributed by atoms with Gasteiger partial charge in [-0.15, -0.1) is 0 Å². The molecule has 0 aliphatic heterocycles. The molecule has 8 nitrogen and oxygen atoms in total. The maximum absolute atomic E-state index is 8.02. The molecule has 0 saturated heterocycles. The fourth-order valence-electron chi connectivity index (χ4n) is 1.03. The van der Waals surface area contributed by atoms with Crippen molar-refractivity contribution in [1.29, 1.82) is 0 Å². The monoisotopic (exact) mass is 258 g/mol. The molecule has 0 N–H and O–H groups in total. The van der Waals surface area contributed by atoms with Crippen molar-refractivity contribution in [2.45, 2.75) is 26.7 Å². The van der Waals surface area contributed by atoms with Gasteiger partial charge in [0.25, 0.3) is 0 Å². The van der Waals surface area contributed by atoms with Gasteiger partial charge in [-0.1, -0.05) is 17.7 Å². The van der Waals surface area contributed by atoms with Crippen molar-refractivity contribution in [3.05, 3.63) is 20.9 Å². The van der Waals surface area contributed by atoms with Gasteiger partial charge in [0.15, 0.2) is 0 Å². The zero-order chi connectivity index (χ0) is 12.6. The van der Waals surface area contributed by atoms with Crippen LogP contribution in [0.4, 0.5) is 0 Å². The smallest absolute Gasteiger partial charge is 0.0487 e. The van der Waals surface area contributed by atoms with Crippen molar-refractivity contribution in [3.63, 3.8) is 0 Å². The van der Waals surface area contributed by atoms with Crippen molar-refractivity contribution >= 4 is 0 Å². The van der Waals surface area contributed by atoms with Gasteiger partial charge in [-0.25, -0.2) is 0 Å². The number of azide groups is 2. The summed E-state index contributed by atoms with van der Waals surface area (Å²) in [5.74, 6) is 0. The number of ether oxygens (including phenoxy) is 2. The topological polar surface area (TPSA) is 116 Å². The van der Waals surface area contributed by atoms with Crippen LogP contribution in [0.2, 0.25) is 0 Å². The van der Waals surface area contributed by atoms with Gasteiger partial charge in [0.05, 0.1) is 0 Å². The molecule has 0 radical (unpaired) electrons. The zero-order valence-corrected chi connectivity index (χ0v) is 9.86. The first-order valence-electron chi connectivity index (χ1n) is 5.59. The van der Waals surface area contributed by atoms with Gasteiger partial charge in [-0.2, -0.15) is 0 Å². The number of hydrogen-bond acceptors (Lipinski definition) is 4. The molecule has 0 aliphatic carbocycles. The van der Waals surface area contributed by atoms with Crippen LogP contribution >= 0.6 is 0 Å². The summed E-state index contributed by atoms with van der Waals surface area (Å²) in [5.41, 5.74) is 16.0. The molecule has 0 saturated carbocycles. The third kappa shape index (κ3) is 17.0. The standard InChI is InChI=1S/C9H18N6O2.CH4/c10-14-12-4-1-6-16-8-3-9-17-7-2-5-13-15-11;/h1-9H2;1H4. The summed E-state index contributed by atoms with van der Waals surface area (Å²) in [6.45, 7) is 3.46. The molecule has 0 fully saturated rings. The highest BCUT2D eigenvalue weighted by atomic mass is 16.5. The largest absolute Gasteiger partial charge is 0.381 e. The molecule has 0 aliphatic rings. The van der Waals surface area contributed by atoms with Crippen LogP contribution in [0.15, 0.2) is 10.2 Å². The Labute approximate surface area is 108 Å². The van der Waals surface area contributed by atoms with Crippen molar-refractivity contribution < 1.29 is 9.47 Å². The Morgan fingerprint density at radius 2 is 1.11 bits per heavy atom. The van der Waals surface area contributed by atoms with E-state index in [4.69, 9.17) is 20.5 Å². The van der Waals surface area contributed by atoms with Crippen molar-refractivity contribution in [3.8, 4) is 0 Å². The van der Waals surface area contributed by atoms with E-state index in [0.29, 0.717) is 39.5 Å². The average Bonchev–Trinajstić information content (AvgIpc) is 2.35. The van der Waals surface area contributed by atoms with Gasteiger partial charge < -0.3 is 9.47 Å². The van der Waals surface area contributed by atoms with Crippen LogP contribution in [-0.2, 0) is 9.47 Å². The lowest BCUT2D eigenvalue weighted by molar-refractivity contribution is 0.0820. The summed E-state index contributed by atoms with van der Waals surface area (Å²) >= 11 is 0. The van der Waals surface area contributed by atoms with E-state index in [9.17, 15) is 0 Å². The third-order valence-corrected chi connectivity index (χ3v) is 1.80. The number of hydrogen-bond donors (Lipinski definition) is 0. The minimum Gasteiger partial charge on any atom is -0.381 e. The molecule has 0 aromatic rings. The molecule has 0 unspecified atom stereocenters. The Morgan fingerprint density at radius 1 is 0.722 bits per heavy atom. The van der Waals surface area contributed by atoms with E-state index in [2.05, 4.69) is 20.1 Å². The lowest BCUT2D eigenvalue weighted by atomic mass is 10.4. The molecule has 104 valence electrons. The Balaban J connectivity index is 0. The molecule has 0 heterocycles. The summed E-state index contributed by atoms with van der Waals surface area (Å²) in [6.07, 6.45) is 2.33. The maximum atomic E-state index is 8.02. The predicted octanol–water partition coefficient (Wildman–Crippen LogP) is 3.45. The maximum Gasteiger partial charge on any atom is 0.0487 e. The summed E-state index contributed by atoms with van der Waals surface area (Å²) in [6, 6.07) is 0. The first-order valence-corrected chi connectivity index (χ1v) is 5.59. The van der Waals surface area contributed by atoms with Gasteiger partial charge in [0.2, 0.25) is 0 Å². The lowest BCUT2D eigenvalue weighted by Gasteiger charge is -2.04. The van der Waals surface area contributed by atoms with Crippen LogP contribution in [0.25, 0.3) is 20.9 Å². The summed E-state index contributed by atoms with van der Waals surface area (Å²) < 4.78 is 10.6. The van der Waals surface area contributed by atoms with Gasteiger partial charge in [0.1, 0.15) is 0 Å². The van der Waals surface area contributed by atoms with E-state index in [1.807, 2.05) is 0 Å². The van der Waals surface area contributed by atoms with Gasteiger partial charge in [-0.05, 0) is 30.3 Å². The van der Waals surface area contributed by atoms with Crippen LogP contribution in [0.1, 0.15) is 26.7 Å². The average molecular weight is 258 g/mol. The third-order valence-electron chi connectivity index (χ3n) is 1.80. The summed E-state index contributed by atoms with van der Waals surface area (Å²) in [4.78, 5) is 5.29. The number of nitrogens with zero attached hydrogens (tertiary/aromatic N) is 6. The highest BCUT2D eigenvalue weighted by Gasteiger charge is 1.91. The predicted molar refractivity (Wildman–Crippen MR) is 70.2 cm³/mol. The minimum atomic E-state index is 0. The zero-order valence-electron chi connectivity index (χ0n) is 9.86. The highest BCUT2D eigenvalue weighted by Crippen LogP contribution is 1.90. The second kappa shape index (κ2) is 17.9. The van der Waals surface area contributed by atoms with E-state index in [0.717, 1.165) is 19.3 Å². The number of rotatable bonds is 12. The molecule has 0 aromatic heterocycles. The Bertz CT molecular complexity index is 235. The first-order chi connectivity index (χ1) is 8.41. The van der Waals surface area contributed by atoms with Gasteiger partial charge >= 0.3 is 0 Å². The van der Waals surface area contributed by atoms with Crippen molar-refractivity contribution in [1.82, 2.24) is 0 Å². The van der Waals surface area contributed by atoms with Crippen molar-refractivity contribution in [2.24, 2.45) is 10.2 Å². The molecule has 0 atom stereocenters. The highest BCUT2D eigenvalue weighted by molar-refractivity contribution is 4.47. The van der Waals surface area contributed by atoms with Crippen LogP contribution in [0, 0.1) is 0 Å². The molecule has 8 heteroatoms. The summed E-state index contributed by atoms with van der Waals surface area (Å²) in [7, 11) is 0. The molecule has 0 rings (SSSR count). The fourth-order valence-corrected chi connectivity index (χ4v) is 1.03.